The second kappa shape index (κ2) is 15.3. The first-order valence-electron chi connectivity index (χ1n) is 15.1. The van der Waals surface area contributed by atoms with Gasteiger partial charge in [-0.05, 0) is 98.1 Å². The third-order valence-corrected chi connectivity index (χ3v) is 8.47. The summed E-state index contributed by atoms with van der Waals surface area (Å²) in [5.41, 5.74) is 9.52. The molecule has 0 aliphatic carbocycles. The monoisotopic (exact) mass is 592 g/mol. The molecule has 0 radical (unpaired) electrons. The smallest absolute Gasteiger partial charge is 0.178 e. The Morgan fingerprint density at radius 3 is 2.60 bits per heavy atom. The van der Waals surface area contributed by atoms with Crippen LogP contribution in [0.25, 0.3) is 32.8 Å². The molecular formula is C36H44N6S. The van der Waals surface area contributed by atoms with Crippen LogP contribution in [0.2, 0.25) is 0 Å². The molecule has 1 aliphatic heterocycles. The fourth-order valence-electron chi connectivity index (χ4n) is 5.35. The molecule has 7 heteroatoms. The van der Waals surface area contributed by atoms with Gasteiger partial charge in [0.05, 0.1) is 5.52 Å². The fourth-order valence-corrected chi connectivity index (χ4v) is 6.10. The molecule has 0 amide bonds. The average Bonchev–Trinajstić information content (AvgIpc) is 3.74. The summed E-state index contributed by atoms with van der Waals surface area (Å²) in [6, 6.07) is 12.5. The van der Waals surface area contributed by atoms with E-state index in [0.717, 1.165) is 69.9 Å². The predicted molar refractivity (Wildman–Crippen MR) is 187 cm³/mol. The molecule has 0 bridgehead atoms. The predicted octanol–water partition coefficient (Wildman–Crippen LogP) is 8.78. The van der Waals surface area contributed by atoms with Gasteiger partial charge in [-0.3, -0.25) is 0 Å². The Labute approximate surface area is 260 Å². The molecule has 0 saturated carbocycles. The molecule has 6 nitrogen and oxygen atoms in total. The van der Waals surface area contributed by atoms with E-state index in [2.05, 4.69) is 93.5 Å². The number of H-pyrrole nitrogens is 1. The lowest BCUT2D eigenvalue weighted by atomic mass is 9.93. The number of pyridine rings is 1. The first-order valence-corrected chi connectivity index (χ1v) is 15.9. The molecule has 4 heterocycles. The largest absolute Gasteiger partial charge is 0.388 e. The number of thiophene rings is 1. The van der Waals surface area contributed by atoms with E-state index in [0.29, 0.717) is 17.4 Å². The van der Waals surface area contributed by atoms with Crippen LogP contribution in [0, 0.1) is 5.92 Å². The van der Waals surface area contributed by atoms with Crippen LogP contribution < -0.4 is 16.0 Å². The standard InChI is InChI=1S/C34H38N6S.C2H6/c1-6-25(20-27(7-2)38-22(3)19-24-12-15-36-16-13-24)26-10-11-30(35-5)29(21-26)23(4)33-39-32-28(31-9-8-18-41-31)14-17-37-34(32)40-33;1-2/h6-11,14,17-18,20-21,24,35-36,38H,2-4,12-13,15-16,19H2,1,5H3,(H,37,39,40);1-2H3/b25-6+,27-20+;. The van der Waals surface area contributed by atoms with Gasteiger partial charge >= 0.3 is 0 Å². The third kappa shape index (κ3) is 7.61. The summed E-state index contributed by atoms with van der Waals surface area (Å²) < 4.78 is 0. The van der Waals surface area contributed by atoms with Crippen LogP contribution in [0.5, 0.6) is 0 Å². The van der Waals surface area contributed by atoms with Crippen molar-refractivity contribution in [2.45, 2.75) is 40.0 Å². The highest BCUT2D eigenvalue weighted by molar-refractivity contribution is 7.13. The number of allylic oxidation sites excluding steroid dienone is 5. The summed E-state index contributed by atoms with van der Waals surface area (Å²) in [5.74, 6) is 1.37. The lowest BCUT2D eigenvalue weighted by molar-refractivity contribution is 0.368. The Balaban J connectivity index is 0.00000207. The van der Waals surface area contributed by atoms with Crippen LogP contribution in [-0.4, -0.2) is 35.1 Å². The Kier molecular flexibility index (Phi) is 11.3. The van der Waals surface area contributed by atoms with Gasteiger partial charge in [0.15, 0.2) is 5.65 Å². The van der Waals surface area contributed by atoms with Crippen molar-refractivity contribution in [2.24, 2.45) is 5.92 Å². The summed E-state index contributed by atoms with van der Waals surface area (Å²) >= 11 is 1.70. The van der Waals surface area contributed by atoms with Gasteiger partial charge in [0, 0.05) is 51.9 Å². The van der Waals surface area contributed by atoms with E-state index in [1.165, 1.54) is 17.7 Å². The molecule has 0 atom stereocenters. The summed E-state index contributed by atoms with van der Waals surface area (Å²) in [6.07, 6.45) is 11.2. The Hall–Kier alpha value is -4.20. The van der Waals surface area contributed by atoms with Gasteiger partial charge in [-0.2, -0.15) is 0 Å². The van der Waals surface area contributed by atoms with E-state index in [1.54, 1.807) is 17.5 Å². The molecule has 4 N–H and O–H groups in total. The minimum absolute atomic E-state index is 0.668. The molecule has 0 spiro atoms. The highest BCUT2D eigenvalue weighted by Gasteiger charge is 2.17. The Morgan fingerprint density at radius 1 is 1.14 bits per heavy atom. The summed E-state index contributed by atoms with van der Waals surface area (Å²) in [7, 11) is 1.92. The van der Waals surface area contributed by atoms with Gasteiger partial charge < -0.3 is 20.9 Å². The molecule has 43 heavy (non-hydrogen) atoms. The van der Waals surface area contributed by atoms with Crippen LogP contribution in [0.3, 0.4) is 0 Å². The van der Waals surface area contributed by atoms with Gasteiger partial charge in [-0.15, -0.1) is 11.3 Å². The number of nitrogens with zero attached hydrogens (tertiary/aromatic N) is 2. The van der Waals surface area contributed by atoms with Gasteiger partial charge in [0.2, 0.25) is 0 Å². The van der Waals surface area contributed by atoms with Crippen LogP contribution in [0.4, 0.5) is 5.69 Å². The zero-order chi connectivity index (χ0) is 30.8. The van der Waals surface area contributed by atoms with Crippen molar-refractivity contribution in [1.29, 1.82) is 0 Å². The van der Waals surface area contributed by atoms with E-state index in [9.17, 15) is 0 Å². The molecule has 5 rings (SSSR count). The molecular weight excluding hydrogens is 549 g/mol. The van der Waals surface area contributed by atoms with Crippen molar-refractivity contribution in [3.63, 3.8) is 0 Å². The Bertz CT molecular complexity index is 1620. The minimum atomic E-state index is 0.668. The van der Waals surface area contributed by atoms with E-state index in [1.807, 2.05) is 40.0 Å². The second-order valence-corrected chi connectivity index (χ2v) is 11.2. The van der Waals surface area contributed by atoms with Crippen molar-refractivity contribution in [1.82, 2.24) is 25.6 Å². The molecule has 4 aromatic rings. The number of nitrogens with one attached hydrogen (secondary N) is 4. The highest BCUT2D eigenvalue weighted by atomic mass is 32.1. The lowest BCUT2D eigenvalue weighted by Gasteiger charge is -2.24. The molecule has 1 aromatic carbocycles. The number of aromatic amines is 1. The fraction of sp³-hybridized carbons (Fsp3) is 0.278. The van der Waals surface area contributed by atoms with Crippen molar-refractivity contribution < 1.29 is 0 Å². The quantitative estimate of drug-likeness (QED) is 0.131. The highest BCUT2D eigenvalue weighted by Crippen LogP contribution is 2.34. The number of fused-ring (bicyclic) bond motifs is 1. The zero-order valence-corrected chi connectivity index (χ0v) is 26.7. The minimum Gasteiger partial charge on any atom is -0.388 e. The Morgan fingerprint density at radius 2 is 1.93 bits per heavy atom. The van der Waals surface area contributed by atoms with Crippen LogP contribution in [0.1, 0.15) is 57.0 Å². The molecule has 0 unspecified atom stereocenters. The zero-order valence-electron chi connectivity index (χ0n) is 25.9. The summed E-state index contributed by atoms with van der Waals surface area (Å²) in [6.45, 7) is 21.0. The van der Waals surface area contributed by atoms with E-state index in [-0.39, 0.29) is 0 Å². The molecule has 1 fully saturated rings. The average molecular weight is 593 g/mol. The lowest BCUT2D eigenvalue weighted by Crippen LogP contribution is -2.28. The maximum Gasteiger partial charge on any atom is 0.178 e. The number of rotatable bonds is 11. The van der Waals surface area contributed by atoms with E-state index >= 15 is 0 Å². The second-order valence-electron chi connectivity index (χ2n) is 10.3. The normalized spacial score (nSPS) is 14.1. The van der Waals surface area contributed by atoms with Crippen LogP contribution in [0.15, 0.2) is 97.3 Å². The molecule has 224 valence electrons. The maximum atomic E-state index is 4.82. The first kappa shape index (κ1) is 31.7. The van der Waals surface area contributed by atoms with E-state index in [4.69, 9.17) is 4.98 Å². The number of hydrogen-bond acceptors (Lipinski definition) is 6. The van der Waals surface area contributed by atoms with Crippen molar-refractivity contribution in [3.05, 3.63) is 114 Å². The van der Waals surface area contributed by atoms with Gasteiger partial charge in [-0.25, -0.2) is 9.97 Å². The van der Waals surface area contributed by atoms with Gasteiger partial charge in [0.1, 0.15) is 5.82 Å². The number of benzene rings is 1. The van der Waals surface area contributed by atoms with Crippen molar-refractivity contribution in [3.8, 4) is 10.4 Å². The maximum absolute atomic E-state index is 4.82. The number of aromatic nitrogens is 3. The first-order chi connectivity index (χ1) is 21.0. The van der Waals surface area contributed by atoms with Gasteiger partial charge in [-0.1, -0.05) is 51.8 Å². The van der Waals surface area contributed by atoms with Crippen LogP contribution in [-0.2, 0) is 0 Å². The van der Waals surface area contributed by atoms with Crippen molar-refractivity contribution in [2.75, 3.05) is 25.5 Å². The number of piperidine rings is 1. The number of hydrogen-bond donors (Lipinski definition) is 4. The van der Waals surface area contributed by atoms with Crippen molar-refractivity contribution >= 4 is 39.3 Å². The molecule has 1 aliphatic rings. The topological polar surface area (TPSA) is 77.7 Å². The third-order valence-electron chi connectivity index (χ3n) is 7.57. The summed E-state index contributed by atoms with van der Waals surface area (Å²) in [5, 5.41) is 12.3. The molecule has 3 aromatic heterocycles. The number of anilines is 1. The van der Waals surface area contributed by atoms with Gasteiger partial charge in [0.25, 0.3) is 0 Å². The number of imidazole rings is 1. The SMILES string of the molecule is C=C/C(=C\C(=C/C)c1ccc(NC)c(C(=C)c2nc3nccc(-c4cccs4)c3[nH]2)c1)NC(=C)CC1CCNCC1.CC. The van der Waals surface area contributed by atoms with E-state index < -0.39 is 0 Å². The summed E-state index contributed by atoms with van der Waals surface area (Å²) in [4.78, 5) is 14.0. The van der Waals surface area contributed by atoms with Crippen LogP contribution >= 0.6 is 11.3 Å². The molecule has 1 saturated heterocycles.